The summed E-state index contributed by atoms with van der Waals surface area (Å²) in [5.74, 6) is 0.875. The second-order valence-electron chi connectivity index (χ2n) is 8.21. The number of aryl methyl sites for hydroxylation is 1. The zero-order valence-electron chi connectivity index (χ0n) is 18.5. The summed E-state index contributed by atoms with van der Waals surface area (Å²) >= 11 is 0. The molecule has 1 heterocycles. The van der Waals surface area contributed by atoms with Gasteiger partial charge in [0.05, 0.1) is 13.0 Å². The molecule has 0 bridgehead atoms. The van der Waals surface area contributed by atoms with Crippen molar-refractivity contribution in [3.05, 3.63) is 60.2 Å². The Balaban J connectivity index is 1.36. The Morgan fingerprint density at radius 3 is 2.39 bits per heavy atom. The van der Waals surface area contributed by atoms with Crippen molar-refractivity contribution in [3.8, 4) is 5.75 Å². The number of hydrogen-bond donors (Lipinski definition) is 1. The lowest BCUT2D eigenvalue weighted by Crippen LogP contribution is -2.41. The minimum Gasteiger partial charge on any atom is -0.493 e. The van der Waals surface area contributed by atoms with E-state index < -0.39 is 0 Å². The maximum Gasteiger partial charge on any atom is 0.227 e. The molecule has 5 heteroatoms. The lowest BCUT2D eigenvalue weighted by atomic mass is 9.95. The van der Waals surface area contributed by atoms with E-state index in [0.29, 0.717) is 39.0 Å². The van der Waals surface area contributed by atoms with E-state index in [2.05, 4.69) is 24.4 Å². The summed E-state index contributed by atoms with van der Waals surface area (Å²) < 4.78 is 5.62. The van der Waals surface area contributed by atoms with Crippen LogP contribution in [0, 0.1) is 5.92 Å². The normalized spacial score (nSPS) is 14.3. The predicted molar refractivity (Wildman–Crippen MR) is 124 cm³/mol. The number of para-hydroxylation sites is 1. The molecule has 3 rings (SSSR count). The Hall–Kier alpha value is -2.82. The molecule has 0 radical (unpaired) electrons. The fourth-order valence-corrected chi connectivity index (χ4v) is 3.90. The molecule has 1 N–H and O–H groups in total. The van der Waals surface area contributed by atoms with Crippen LogP contribution in [0.25, 0.3) is 0 Å². The fourth-order valence-electron chi connectivity index (χ4n) is 3.90. The van der Waals surface area contributed by atoms with Crippen molar-refractivity contribution in [2.45, 2.75) is 51.9 Å². The number of ether oxygens (including phenoxy) is 1. The maximum absolute atomic E-state index is 12.6. The van der Waals surface area contributed by atoms with Crippen molar-refractivity contribution in [3.63, 3.8) is 0 Å². The third-order valence-corrected chi connectivity index (χ3v) is 5.84. The molecular formula is C26H34N2O3. The predicted octanol–water partition coefficient (Wildman–Crippen LogP) is 5.07. The number of benzene rings is 2. The van der Waals surface area contributed by atoms with Crippen LogP contribution in [-0.2, 0) is 16.0 Å². The highest BCUT2D eigenvalue weighted by Crippen LogP contribution is 2.21. The molecule has 0 saturated carbocycles. The van der Waals surface area contributed by atoms with E-state index in [4.69, 9.17) is 4.74 Å². The highest BCUT2D eigenvalue weighted by Gasteiger charge is 2.27. The van der Waals surface area contributed by atoms with Crippen LogP contribution in [0.15, 0.2) is 54.6 Å². The number of carbonyl (C=O) groups is 2. The van der Waals surface area contributed by atoms with Gasteiger partial charge in [-0.15, -0.1) is 0 Å². The largest absolute Gasteiger partial charge is 0.493 e. The number of anilines is 1. The second kappa shape index (κ2) is 12.1. The van der Waals surface area contributed by atoms with Gasteiger partial charge in [0.25, 0.3) is 0 Å². The van der Waals surface area contributed by atoms with Gasteiger partial charge in [-0.3, -0.25) is 9.59 Å². The summed E-state index contributed by atoms with van der Waals surface area (Å²) in [6, 6.07) is 17.7. The zero-order valence-corrected chi connectivity index (χ0v) is 18.5. The zero-order chi connectivity index (χ0) is 21.9. The molecule has 0 spiro atoms. The second-order valence-corrected chi connectivity index (χ2v) is 8.21. The smallest absolute Gasteiger partial charge is 0.227 e. The van der Waals surface area contributed by atoms with E-state index >= 15 is 0 Å². The highest BCUT2D eigenvalue weighted by atomic mass is 16.5. The summed E-state index contributed by atoms with van der Waals surface area (Å²) in [5.41, 5.74) is 2.16. The molecular weight excluding hydrogens is 388 g/mol. The van der Waals surface area contributed by atoms with Crippen LogP contribution < -0.4 is 10.1 Å². The van der Waals surface area contributed by atoms with Gasteiger partial charge in [-0.25, -0.2) is 0 Å². The lowest BCUT2D eigenvalue weighted by Gasteiger charge is -2.31. The van der Waals surface area contributed by atoms with Gasteiger partial charge in [0.15, 0.2) is 0 Å². The van der Waals surface area contributed by atoms with Gasteiger partial charge < -0.3 is 15.0 Å². The Morgan fingerprint density at radius 2 is 1.71 bits per heavy atom. The van der Waals surface area contributed by atoms with Crippen molar-refractivity contribution in [1.29, 1.82) is 0 Å². The molecule has 1 aliphatic heterocycles. The number of unbranched alkanes of at least 4 members (excludes halogenated alkanes) is 2. The van der Waals surface area contributed by atoms with Gasteiger partial charge in [-0.1, -0.05) is 50.1 Å². The molecule has 1 fully saturated rings. The van der Waals surface area contributed by atoms with E-state index in [0.717, 1.165) is 17.9 Å². The standard InChI is InChI=1S/C26H34N2O3/c1-2-3-5-8-21-11-13-23(14-12-21)27-26(30)22-15-18-28(19-16-22)25(29)17-20-31-24-9-6-4-7-10-24/h4,6-7,9-14,22H,2-3,5,8,15-20H2,1H3,(H,27,30). The van der Waals surface area contributed by atoms with Crippen LogP contribution in [0.1, 0.15) is 51.0 Å². The number of rotatable bonds is 10. The third kappa shape index (κ3) is 7.42. The van der Waals surface area contributed by atoms with Gasteiger partial charge in [0.2, 0.25) is 11.8 Å². The first kappa shape index (κ1) is 22.9. The molecule has 0 aliphatic carbocycles. The summed E-state index contributed by atoms with van der Waals surface area (Å²) in [7, 11) is 0. The van der Waals surface area contributed by atoms with Crippen molar-refractivity contribution in [2.24, 2.45) is 5.92 Å². The molecule has 1 saturated heterocycles. The Bertz CT molecular complexity index is 812. The number of hydrogen-bond acceptors (Lipinski definition) is 3. The first-order valence-corrected chi connectivity index (χ1v) is 11.5. The first-order chi connectivity index (χ1) is 15.2. The van der Waals surface area contributed by atoms with Crippen LogP contribution in [-0.4, -0.2) is 36.4 Å². The average molecular weight is 423 g/mol. The number of nitrogens with one attached hydrogen (secondary N) is 1. The molecule has 0 unspecified atom stereocenters. The van der Waals surface area contributed by atoms with Gasteiger partial charge >= 0.3 is 0 Å². The van der Waals surface area contributed by atoms with Crippen molar-refractivity contribution < 1.29 is 14.3 Å². The summed E-state index contributed by atoms with van der Waals surface area (Å²) in [6.45, 7) is 3.83. The van der Waals surface area contributed by atoms with Crippen molar-refractivity contribution >= 4 is 17.5 Å². The number of amides is 2. The monoisotopic (exact) mass is 422 g/mol. The van der Waals surface area contributed by atoms with Crippen LogP contribution in [0.4, 0.5) is 5.69 Å². The van der Waals surface area contributed by atoms with Gasteiger partial charge in [-0.05, 0) is 55.5 Å². The van der Waals surface area contributed by atoms with E-state index in [1.165, 1.54) is 24.8 Å². The molecule has 0 atom stereocenters. The van der Waals surface area contributed by atoms with E-state index in [9.17, 15) is 9.59 Å². The van der Waals surface area contributed by atoms with Crippen LogP contribution in [0.2, 0.25) is 0 Å². The first-order valence-electron chi connectivity index (χ1n) is 11.5. The van der Waals surface area contributed by atoms with E-state index in [1.807, 2.05) is 47.4 Å². The number of piperidine rings is 1. The molecule has 166 valence electrons. The molecule has 5 nitrogen and oxygen atoms in total. The van der Waals surface area contributed by atoms with Crippen molar-refractivity contribution in [1.82, 2.24) is 4.90 Å². The average Bonchev–Trinajstić information content (AvgIpc) is 2.81. The van der Waals surface area contributed by atoms with Crippen molar-refractivity contribution in [2.75, 3.05) is 25.0 Å². The topological polar surface area (TPSA) is 58.6 Å². The SMILES string of the molecule is CCCCCc1ccc(NC(=O)C2CCN(C(=O)CCOc3ccccc3)CC2)cc1. The van der Waals surface area contributed by atoms with Gasteiger partial charge in [-0.2, -0.15) is 0 Å². The number of carbonyl (C=O) groups excluding carboxylic acids is 2. The maximum atomic E-state index is 12.6. The van der Waals surface area contributed by atoms with E-state index in [-0.39, 0.29) is 17.7 Å². The molecule has 2 amide bonds. The van der Waals surface area contributed by atoms with E-state index in [1.54, 1.807) is 0 Å². The number of nitrogens with zero attached hydrogens (tertiary/aromatic N) is 1. The Kier molecular flexibility index (Phi) is 8.95. The Labute approximate surface area is 185 Å². The molecule has 1 aliphatic rings. The van der Waals surface area contributed by atoms with Crippen LogP contribution in [0.3, 0.4) is 0 Å². The Morgan fingerprint density at radius 1 is 1.00 bits per heavy atom. The molecule has 2 aromatic rings. The molecule has 31 heavy (non-hydrogen) atoms. The summed E-state index contributed by atoms with van der Waals surface area (Å²) in [5, 5.41) is 3.04. The summed E-state index contributed by atoms with van der Waals surface area (Å²) in [6.07, 6.45) is 6.53. The van der Waals surface area contributed by atoms with Crippen LogP contribution in [0.5, 0.6) is 5.75 Å². The number of likely N-dealkylation sites (tertiary alicyclic amines) is 1. The molecule has 2 aromatic carbocycles. The quantitative estimate of drug-likeness (QED) is 0.544. The fraction of sp³-hybridized carbons (Fsp3) is 0.462. The van der Waals surface area contributed by atoms with Crippen LogP contribution >= 0.6 is 0 Å². The lowest BCUT2D eigenvalue weighted by molar-refractivity contribution is -0.135. The highest BCUT2D eigenvalue weighted by molar-refractivity contribution is 5.92. The minimum atomic E-state index is -0.0474. The van der Waals surface area contributed by atoms with Gasteiger partial charge in [0, 0.05) is 24.7 Å². The minimum absolute atomic E-state index is 0.0474. The molecule has 0 aromatic heterocycles. The van der Waals surface area contributed by atoms with Gasteiger partial charge in [0.1, 0.15) is 5.75 Å². The summed E-state index contributed by atoms with van der Waals surface area (Å²) in [4.78, 5) is 26.9. The third-order valence-electron chi connectivity index (χ3n) is 5.84.